The number of benzene rings is 4. The third-order valence-electron chi connectivity index (χ3n) is 7.46. The number of amides is 2. The fourth-order valence-corrected chi connectivity index (χ4v) is 5.63. The summed E-state index contributed by atoms with van der Waals surface area (Å²) in [5.74, 6) is 0.413. The third kappa shape index (κ3) is 4.26. The van der Waals surface area contributed by atoms with Crippen LogP contribution in [-0.2, 0) is 9.59 Å². The molecule has 1 aliphatic carbocycles. The molecule has 4 aromatic rings. The maximum atomic E-state index is 14.0. The lowest BCUT2D eigenvalue weighted by Crippen LogP contribution is -2.31. The van der Waals surface area contributed by atoms with Crippen molar-refractivity contribution in [1.29, 1.82) is 0 Å². The van der Waals surface area contributed by atoms with E-state index in [0.717, 1.165) is 16.9 Å². The van der Waals surface area contributed by atoms with Crippen molar-refractivity contribution in [2.24, 2.45) is 11.8 Å². The highest BCUT2D eigenvalue weighted by Crippen LogP contribution is 2.50. The number of methoxy groups -OCH3 is 1. The van der Waals surface area contributed by atoms with E-state index in [4.69, 9.17) is 9.47 Å². The zero-order chi connectivity index (χ0) is 26.1. The summed E-state index contributed by atoms with van der Waals surface area (Å²) in [6.07, 6.45) is 4.21. The molecule has 188 valence electrons. The summed E-state index contributed by atoms with van der Waals surface area (Å²) in [7, 11) is 1.62. The van der Waals surface area contributed by atoms with Gasteiger partial charge in [-0.25, -0.2) is 4.90 Å². The van der Waals surface area contributed by atoms with E-state index < -0.39 is 11.8 Å². The molecule has 0 N–H and O–H groups in total. The smallest absolute Gasteiger partial charge is 0.238 e. The van der Waals surface area contributed by atoms with E-state index in [9.17, 15) is 9.59 Å². The molecule has 4 aromatic carbocycles. The van der Waals surface area contributed by atoms with Gasteiger partial charge >= 0.3 is 0 Å². The highest BCUT2D eigenvalue weighted by Gasteiger charge is 2.55. The van der Waals surface area contributed by atoms with Gasteiger partial charge < -0.3 is 9.47 Å². The first kappa shape index (κ1) is 23.7. The van der Waals surface area contributed by atoms with E-state index in [1.54, 1.807) is 31.4 Å². The third-order valence-corrected chi connectivity index (χ3v) is 7.46. The second kappa shape index (κ2) is 10.0. The monoisotopic (exact) mass is 501 g/mol. The van der Waals surface area contributed by atoms with Crippen LogP contribution in [0, 0.1) is 11.8 Å². The van der Waals surface area contributed by atoms with Crippen LogP contribution in [0.4, 0.5) is 5.69 Å². The number of rotatable bonds is 6. The van der Waals surface area contributed by atoms with Crippen LogP contribution >= 0.6 is 0 Å². The quantitative estimate of drug-likeness (QED) is 0.217. The Morgan fingerprint density at radius 1 is 0.553 bits per heavy atom. The van der Waals surface area contributed by atoms with Crippen LogP contribution in [0.5, 0.6) is 17.2 Å². The first-order valence-corrected chi connectivity index (χ1v) is 12.7. The summed E-state index contributed by atoms with van der Waals surface area (Å²) in [4.78, 5) is 29.3. The molecular formula is C33H27NO4. The number of ether oxygens (including phenoxy) is 2. The van der Waals surface area contributed by atoms with E-state index in [-0.39, 0.29) is 23.7 Å². The molecule has 0 saturated carbocycles. The number of carbonyl (C=O) groups is 2. The number of imide groups is 1. The van der Waals surface area contributed by atoms with E-state index in [2.05, 4.69) is 12.2 Å². The van der Waals surface area contributed by atoms with Crippen LogP contribution in [0.2, 0.25) is 0 Å². The molecule has 1 saturated heterocycles. The van der Waals surface area contributed by atoms with Crippen LogP contribution in [-0.4, -0.2) is 18.9 Å². The van der Waals surface area contributed by atoms with Crippen molar-refractivity contribution >= 4 is 17.5 Å². The number of anilines is 1. The molecule has 0 radical (unpaired) electrons. The summed E-state index contributed by atoms with van der Waals surface area (Å²) in [6, 6.07) is 34.3. The molecule has 6 rings (SSSR count). The van der Waals surface area contributed by atoms with Crippen LogP contribution in [0.25, 0.3) is 0 Å². The highest BCUT2D eigenvalue weighted by molar-refractivity contribution is 6.23. The zero-order valence-corrected chi connectivity index (χ0v) is 20.9. The van der Waals surface area contributed by atoms with Crippen molar-refractivity contribution in [2.45, 2.75) is 11.8 Å². The van der Waals surface area contributed by atoms with Gasteiger partial charge in [-0.15, -0.1) is 0 Å². The Bertz CT molecular complexity index is 1400. The molecule has 1 heterocycles. The van der Waals surface area contributed by atoms with Crippen molar-refractivity contribution in [3.63, 3.8) is 0 Å². The number of hydrogen-bond acceptors (Lipinski definition) is 4. The number of nitrogens with zero attached hydrogens (tertiary/aromatic N) is 1. The van der Waals surface area contributed by atoms with Crippen molar-refractivity contribution < 1.29 is 19.1 Å². The molecule has 5 nitrogen and oxygen atoms in total. The van der Waals surface area contributed by atoms with Gasteiger partial charge in [-0.05, 0) is 59.7 Å². The van der Waals surface area contributed by atoms with Crippen molar-refractivity contribution in [3.8, 4) is 17.2 Å². The van der Waals surface area contributed by atoms with Gasteiger partial charge in [0.05, 0.1) is 24.6 Å². The average Bonchev–Trinajstić information content (AvgIpc) is 3.24. The van der Waals surface area contributed by atoms with Crippen LogP contribution < -0.4 is 14.4 Å². The van der Waals surface area contributed by atoms with Crippen LogP contribution in [0.15, 0.2) is 121 Å². The molecule has 0 spiro atoms. The minimum absolute atomic E-state index is 0.164. The van der Waals surface area contributed by atoms with Crippen molar-refractivity contribution in [3.05, 3.63) is 132 Å². The molecule has 38 heavy (non-hydrogen) atoms. The molecule has 0 bridgehead atoms. The maximum Gasteiger partial charge on any atom is 0.238 e. The molecule has 1 fully saturated rings. The Hall–Kier alpha value is -4.64. The number of allylic oxidation sites excluding steroid dienone is 2. The summed E-state index contributed by atoms with van der Waals surface area (Å²) >= 11 is 0. The van der Waals surface area contributed by atoms with E-state index in [1.807, 2.05) is 84.9 Å². The second-order valence-corrected chi connectivity index (χ2v) is 9.59. The Balaban J connectivity index is 1.32. The fourth-order valence-electron chi connectivity index (χ4n) is 5.63. The van der Waals surface area contributed by atoms with E-state index in [1.165, 1.54) is 4.90 Å². The summed E-state index contributed by atoms with van der Waals surface area (Å²) in [5.41, 5.74) is 2.63. The van der Waals surface area contributed by atoms with Gasteiger partial charge in [0.2, 0.25) is 11.8 Å². The predicted molar refractivity (Wildman–Crippen MR) is 146 cm³/mol. The van der Waals surface area contributed by atoms with Gasteiger partial charge in [-0.2, -0.15) is 0 Å². The Labute approximate surface area is 221 Å². The molecule has 5 heteroatoms. The first-order chi connectivity index (χ1) is 18.6. The Morgan fingerprint density at radius 3 is 1.42 bits per heavy atom. The standard InChI is InChI=1S/C33H27NO4/c1-37-25-16-18-27(19-17-25)38-26-14-12-24(13-15-26)34-32(35)30-28(22-8-4-2-5-9-22)20-21-29(31(30)33(34)36)23-10-6-3-7-11-23/h2-21,28-31H,1H3/t28-,29-,30-,31+/m0/s1. The highest BCUT2D eigenvalue weighted by atomic mass is 16.5. The topological polar surface area (TPSA) is 55.8 Å². The predicted octanol–water partition coefficient (Wildman–Crippen LogP) is 6.73. The van der Waals surface area contributed by atoms with Crippen LogP contribution in [0.3, 0.4) is 0 Å². The molecule has 2 amide bonds. The van der Waals surface area contributed by atoms with E-state index in [0.29, 0.717) is 17.2 Å². The molecule has 4 atom stereocenters. The minimum atomic E-state index is -0.477. The van der Waals surface area contributed by atoms with Crippen molar-refractivity contribution in [1.82, 2.24) is 0 Å². The molecule has 0 unspecified atom stereocenters. The van der Waals surface area contributed by atoms with Crippen LogP contribution in [0.1, 0.15) is 23.0 Å². The number of fused-ring (bicyclic) bond motifs is 1. The first-order valence-electron chi connectivity index (χ1n) is 12.7. The molecular weight excluding hydrogens is 474 g/mol. The lowest BCUT2D eigenvalue weighted by atomic mass is 9.68. The van der Waals surface area contributed by atoms with Gasteiger partial charge in [-0.1, -0.05) is 72.8 Å². The van der Waals surface area contributed by atoms with E-state index >= 15 is 0 Å². The zero-order valence-electron chi connectivity index (χ0n) is 20.9. The van der Waals surface area contributed by atoms with Crippen molar-refractivity contribution in [2.75, 3.05) is 12.0 Å². The maximum absolute atomic E-state index is 14.0. The van der Waals surface area contributed by atoms with Gasteiger partial charge in [0.15, 0.2) is 0 Å². The van der Waals surface area contributed by atoms with Gasteiger partial charge in [-0.3, -0.25) is 9.59 Å². The Morgan fingerprint density at radius 2 is 0.974 bits per heavy atom. The lowest BCUT2D eigenvalue weighted by Gasteiger charge is -2.32. The normalized spacial score (nSPS) is 22.3. The average molecular weight is 502 g/mol. The number of hydrogen-bond donors (Lipinski definition) is 0. The minimum Gasteiger partial charge on any atom is -0.497 e. The van der Waals surface area contributed by atoms with Gasteiger partial charge in [0.25, 0.3) is 0 Å². The summed E-state index contributed by atoms with van der Waals surface area (Å²) in [5, 5.41) is 0. The SMILES string of the molecule is COc1ccc(Oc2ccc(N3C(=O)[C@@H]4[C@H](C3=O)[C@H](c3ccccc3)C=C[C@H]4c3ccccc3)cc2)cc1. The Kier molecular flexibility index (Phi) is 6.26. The molecule has 1 aliphatic heterocycles. The largest absolute Gasteiger partial charge is 0.497 e. The summed E-state index contributed by atoms with van der Waals surface area (Å²) in [6.45, 7) is 0. The number of carbonyl (C=O) groups excluding carboxylic acids is 2. The lowest BCUT2D eigenvalue weighted by molar-refractivity contribution is -0.122. The second-order valence-electron chi connectivity index (χ2n) is 9.59. The molecule has 2 aliphatic rings. The van der Waals surface area contributed by atoms with Gasteiger partial charge in [0.1, 0.15) is 17.2 Å². The molecule has 0 aromatic heterocycles. The fraction of sp³-hybridized carbons (Fsp3) is 0.152. The van der Waals surface area contributed by atoms with Gasteiger partial charge in [0, 0.05) is 11.8 Å². The summed E-state index contributed by atoms with van der Waals surface area (Å²) < 4.78 is 11.1.